The maximum Gasteiger partial charge on any atom is 0.253 e. The van der Waals surface area contributed by atoms with Gasteiger partial charge in [0.2, 0.25) is 0 Å². The topological polar surface area (TPSA) is 115 Å². The Labute approximate surface area is 180 Å². The number of rotatable bonds is 4. The van der Waals surface area contributed by atoms with E-state index in [1.165, 1.54) is 6.07 Å². The molecule has 2 aromatic heterocycles. The van der Waals surface area contributed by atoms with Crippen LogP contribution in [0.2, 0.25) is 5.02 Å². The monoisotopic (exact) mass is 441 g/mol. The van der Waals surface area contributed by atoms with E-state index in [2.05, 4.69) is 20.7 Å². The van der Waals surface area contributed by atoms with Gasteiger partial charge in [0.15, 0.2) is 11.4 Å². The third kappa shape index (κ3) is 3.44. The average Bonchev–Trinajstić information content (AvgIpc) is 3.50. The zero-order valence-electron chi connectivity index (χ0n) is 16.1. The fourth-order valence-electron chi connectivity index (χ4n) is 3.81. The molecule has 2 aromatic carbocycles. The van der Waals surface area contributed by atoms with Crippen molar-refractivity contribution in [3.63, 3.8) is 0 Å². The standard InChI is InChI=1S/C20H17ClFN7O2/c21-14-7-12(29-9-24-25-10-29)1-2-13(14)20(30)26-11-5-6-28(8-11)16-4-3-15(22)17-18(16)31-27-19(17)23/h1-4,7,9-11H,5-6,8H2,(H2,23,27)(H,26,30)/t11-/m1/s1. The SMILES string of the molecule is Nc1noc2c(N3CC[C@@H](NC(=O)c4ccc(-n5cnnc5)cc4Cl)C3)ccc(F)c12. The second kappa shape index (κ2) is 7.55. The van der Waals surface area contributed by atoms with Crippen LogP contribution < -0.4 is 16.0 Å². The van der Waals surface area contributed by atoms with Crippen LogP contribution in [0.25, 0.3) is 16.7 Å². The van der Waals surface area contributed by atoms with Crippen molar-refractivity contribution in [3.05, 3.63) is 59.4 Å². The van der Waals surface area contributed by atoms with Gasteiger partial charge in [-0.1, -0.05) is 16.8 Å². The minimum Gasteiger partial charge on any atom is -0.380 e. The Balaban J connectivity index is 1.30. The highest BCUT2D eigenvalue weighted by atomic mass is 35.5. The number of benzene rings is 2. The Kier molecular flexibility index (Phi) is 4.70. The molecule has 0 bridgehead atoms. The van der Waals surface area contributed by atoms with Crippen LogP contribution in [0, 0.1) is 5.82 Å². The van der Waals surface area contributed by atoms with Gasteiger partial charge in [0.05, 0.1) is 16.3 Å². The van der Waals surface area contributed by atoms with Gasteiger partial charge in [0, 0.05) is 24.8 Å². The largest absolute Gasteiger partial charge is 0.380 e. The second-order valence-electron chi connectivity index (χ2n) is 7.28. The van der Waals surface area contributed by atoms with Gasteiger partial charge in [0.1, 0.15) is 23.9 Å². The number of amides is 1. The van der Waals surface area contributed by atoms with Crippen molar-refractivity contribution in [2.45, 2.75) is 12.5 Å². The van der Waals surface area contributed by atoms with E-state index in [0.717, 1.165) is 5.69 Å². The third-order valence-corrected chi connectivity index (χ3v) is 5.67. The van der Waals surface area contributed by atoms with Crippen LogP contribution in [0.5, 0.6) is 0 Å². The molecule has 9 nitrogen and oxygen atoms in total. The molecular weight excluding hydrogens is 425 g/mol. The summed E-state index contributed by atoms with van der Waals surface area (Å²) in [6, 6.07) is 7.99. The summed E-state index contributed by atoms with van der Waals surface area (Å²) >= 11 is 6.34. The molecule has 1 amide bonds. The van der Waals surface area contributed by atoms with E-state index in [4.69, 9.17) is 21.9 Å². The number of halogens is 2. The molecule has 0 radical (unpaired) electrons. The molecule has 4 aromatic rings. The molecule has 5 rings (SSSR count). The number of fused-ring (bicyclic) bond motifs is 1. The van der Waals surface area contributed by atoms with E-state index in [-0.39, 0.29) is 23.2 Å². The predicted octanol–water partition coefficient (Wildman–Crippen LogP) is 2.79. The number of hydrogen-bond acceptors (Lipinski definition) is 7. The van der Waals surface area contributed by atoms with Crippen LogP contribution in [-0.4, -0.2) is 45.0 Å². The van der Waals surface area contributed by atoms with E-state index >= 15 is 0 Å². The molecule has 1 fully saturated rings. The van der Waals surface area contributed by atoms with Gasteiger partial charge in [-0.25, -0.2) is 4.39 Å². The highest BCUT2D eigenvalue weighted by molar-refractivity contribution is 6.34. The Morgan fingerprint density at radius 2 is 2.06 bits per heavy atom. The first kappa shape index (κ1) is 19.3. The number of nitrogen functional groups attached to an aromatic ring is 1. The van der Waals surface area contributed by atoms with Crippen LogP contribution >= 0.6 is 11.6 Å². The molecule has 158 valence electrons. The van der Waals surface area contributed by atoms with Crippen molar-refractivity contribution in [2.24, 2.45) is 0 Å². The highest BCUT2D eigenvalue weighted by Gasteiger charge is 2.28. The van der Waals surface area contributed by atoms with E-state index < -0.39 is 5.82 Å². The lowest BCUT2D eigenvalue weighted by Crippen LogP contribution is -2.37. The van der Waals surface area contributed by atoms with Gasteiger partial charge < -0.3 is 20.5 Å². The maximum absolute atomic E-state index is 14.1. The molecule has 3 N–H and O–H groups in total. The van der Waals surface area contributed by atoms with Crippen LogP contribution in [0.3, 0.4) is 0 Å². The summed E-state index contributed by atoms with van der Waals surface area (Å²) in [6.07, 6.45) is 3.81. The van der Waals surface area contributed by atoms with Crippen molar-refractivity contribution in [2.75, 3.05) is 23.7 Å². The Morgan fingerprint density at radius 3 is 2.84 bits per heavy atom. The quantitative estimate of drug-likeness (QED) is 0.500. The number of hydrogen-bond donors (Lipinski definition) is 2. The number of nitrogens with zero attached hydrogens (tertiary/aromatic N) is 5. The first-order valence-electron chi connectivity index (χ1n) is 9.55. The fraction of sp³-hybridized carbons (Fsp3) is 0.200. The van der Waals surface area contributed by atoms with Gasteiger partial charge in [-0.3, -0.25) is 9.36 Å². The molecule has 11 heteroatoms. The van der Waals surface area contributed by atoms with Crippen LogP contribution in [0.4, 0.5) is 15.9 Å². The summed E-state index contributed by atoms with van der Waals surface area (Å²) in [5, 5.41) is 14.7. The Bertz CT molecular complexity index is 1270. The zero-order chi connectivity index (χ0) is 21.5. The average molecular weight is 442 g/mol. The number of carbonyl (C=O) groups is 1. The van der Waals surface area contributed by atoms with Crippen molar-refractivity contribution in [1.82, 2.24) is 25.2 Å². The van der Waals surface area contributed by atoms with Crippen LogP contribution in [0.1, 0.15) is 16.8 Å². The lowest BCUT2D eigenvalue weighted by Gasteiger charge is -2.19. The molecule has 1 atom stereocenters. The zero-order valence-corrected chi connectivity index (χ0v) is 16.9. The van der Waals surface area contributed by atoms with E-state index in [0.29, 0.717) is 41.4 Å². The molecule has 1 aliphatic heterocycles. The molecule has 0 saturated carbocycles. The molecule has 1 aliphatic rings. The smallest absolute Gasteiger partial charge is 0.253 e. The summed E-state index contributed by atoms with van der Waals surface area (Å²) in [7, 11) is 0. The van der Waals surface area contributed by atoms with Gasteiger partial charge in [0.25, 0.3) is 5.91 Å². The molecular formula is C20H17ClFN7O2. The Hall–Kier alpha value is -3.66. The summed E-state index contributed by atoms with van der Waals surface area (Å²) < 4.78 is 21.0. The third-order valence-electron chi connectivity index (χ3n) is 5.36. The number of aromatic nitrogens is 4. The van der Waals surface area contributed by atoms with Gasteiger partial charge in [-0.15, -0.1) is 10.2 Å². The molecule has 3 heterocycles. The lowest BCUT2D eigenvalue weighted by molar-refractivity contribution is 0.0940. The van der Waals surface area contributed by atoms with Crippen molar-refractivity contribution in [1.29, 1.82) is 0 Å². The van der Waals surface area contributed by atoms with Gasteiger partial charge >= 0.3 is 0 Å². The summed E-state index contributed by atoms with van der Waals surface area (Å²) in [5.41, 5.74) is 7.84. The van der Waals surface area contributed by atoms with E-state index in [1.54, 1.807) is 41.5 Å². The minimum absolute atomic E-state index is 0.0166. The van der Waals surface area contributed by atoms with Crippen molar-refractivity contribution in [3.8, 4) is 5.69 Å². The summed E-state index contributed by atoms with van der Waals surface area (Å²) in [5.74, 6) is -0.727. The van der Waals surface area contributed by atoms with Gasteiger partial charge in [-0.05, 0) is 36.8 Å². The normalized spacial score (nSPS) is 16.2. The lowest BCUT2D eigenvalue weighted by atomic mass is 10.1. The van der Waals surface area contributed by atoms with E-state index in [9.17, 15) is 9.18 Å². The number of carbonyl (C=O) groups excluding carboxylic acids is 1. The molecule has 0 unspecified atom stereocenters. The Morgan fingerprint density at radius 1 is 1.26 bits per heavy atom. The maximum atomic E-state index is 14.1. The van der Waals surface area contributed by atoms with Gasteiger partial charge in [-0.2, -0.15) is 0 Å². The van der Waals surface area contributed by atoms with Crippen LogP contribution in [0.15, 0.2) is 47.5 Å². The number of anilines is 2. The molecule has 0 spiro atoms. The second-order valence-corrected chi connectivity index (χ2v) is 7.68. The highest BCUT2D eigenvalue weighted by Crippen LogP contribution is 2.34. The molecule has 1 saturated heterocycles. The van der Waals surface area contributed by atoms with Crippen LogP contribution in [-0.2, 0) is 0 Å². The van der Waals surface area contributed by atoms with Crippen molar-refractivity contribution >= 4 is 40.0 Å². The predicted molar refractivity (Wildman–Crippen MR) is 113 cm³/mol. The summed E-state index contributed by atoms with van der Waals surface area (Å²) in [4.78, 5) is 14.8. The number of nitrogens with one attached hydrogen (secondary N) is 1. The minimum atomic E-state index is -0.480. The first-order chi connectivity index (χ1) is 15.0. The van der Waals surface area contributed by atoms with E-state index in [1.807, 2.05) is 4.90 Å². The summed E-state index contributed by atoms with van der Waals surface area (Å²) in [6.45, 7) is 1.19. The fourth-order valence-corrected chi connectivity index (χ4v) is 4.07. The van der Waals surface area contributed by atoms with Crippen molar-refractivity contribution < 1.29 is 13.7 Å². The number of nitrogens with two attached hydrogens (primary N) is 1. The molecule has 31 heavy (non-hydrogen) atoms. The first-order valence-corrected chi connectivity index (χ1v) is 9.93. The molecule has 0 aliphatic carbocycles.